The molecule has 0 radical (unpaired) electrons. The maximum atomic E-state index is 3.60. The van der Waals surface area contributed by atoms with Gasteiger partial charge in [0.05, 0.1) is 0 Å². The zero-order valence-electron chi connectivity index (χ0n) is 12.9. The Labute approximate surface area is 128 Å². The summed E-state index contributed by atoms with van der Waals surface area (Å²) in [5.41, 5.74) is 1.41. The van der Waals surface area contributed by atoms with E-state index in [0.29, 0.717) is 0 Å². The topological polar surface area (TPSA) is 15.3 Å². The first-order valence-electron chi connectivity index (χ1n) is 8.33. The Morgan fingerprint density at radius 1 is 0.905 bits per heavy atom. The van der Waals surface area contributed by atoms with Crippen LogP contribution in [0.4, 0.5) is 0 Å². The summed E-state index contributed by atoms with van der Waals surface area (Å²) in [6.45, 7) is 6.03. The number of hydrogen-bond acceptors (Lipinski definition) is 2. The van der Waals surface area contributed by atoms with Crippen LogP contribution in [0.5, 0.6) is 0 Å². The fourth-order valence-corrected chi connectivity index (χ4v) is 3.26. The highest BCUT2D eigenvalue weighted by Gasteiger charge is 2.09. The Balaban J connectivity index is 1.40. The summed E-state index contributed by atoms with van der Waals surface area (Å²) in [6.07, 6.45) is 5.41. The second-order valence-electron chi connectivity index (χ2n) is 6.07. The lowest BCUT2D eigenvalue weighted by Crippen LogP contribution is -2.22. The summed E-state index contributed by atoms with van der Waals surface area (Å²) in [4.78, 5) is 2.60. The van der Waals surface area contributed by atoms with E-state index in [1.165, 1.54) is 61.7 Å². The minimum absolute atomic E-state index is 0.977. The lowest BCUT2D eigenvalue weighted by Gasteiger charge is -2.14. The van der Waals surface area contributed by atoms with Gasteiger partial charge >= 0.3 is 0 Å². The molecule has 2 nitrogen and oxygen atoms in total. The molecule has 2 heteroatoms. The van der Waals surface area contributed by atoms with Gasteiger partial charge in [-0.25, -0.2) is 0 Å². The summed E-state index contributed by atoms with van der Waals surface area (Å²) >= 11 is 0. The largest absolute Gasteiger partial charge is 0.313 e. The number of fused-ring (bicyclic) bond motifs is 1. The SMILES string of the molecule is c1ccc2c(CNCCCCN3CCCC3)cccc2c1. The van der Waals surface area contributed by atoms with E-state index < -0.39 is 0 Å². The average Bonchev–Trinajstić information content (AvgIpc) is 3.04. The number of nitrogens with one attached hydrogen (secondary N) is 1. The molecule has 0 aromatic heterocycles. The predicted molar refractivity (Wildman–Crippen MR) is 90.6 cm³/mol. The summed E-state index contributed by atoms with van der Waals surface area (Å²) < 4.78 is 0. The van der Waals surface area contributed by atoms with Crippen LogP contribution in [0.3, 0.4) is 0 Å². The summed E-state index contributed by atoms with van der Waals surface area (Å²) in [7, 11) is 0. The first-order chi connectivity index (χ1) is 10.4. The summed E-state index contributed by atoms with van der Waals surface area (Å²) in [5, 5.41) is 6.32. The highest BCUT2D eigenvalue weighted by molar-refractivity contribution is 5.85. The third-order valence-electron chi connectivity index (χ3n) is 4.47. The van der Waals surface area contributed by atoms with Crippen molar-refractivity contribution in [2.45, 2.75) is 32.2 Å². The summed E-state index contributed by atoms with van der Waals surface area (Å²) in [5.74, 6) is 0. The fourth-order valence-electron chi connectivity index (χ4n) is 3.26. The Kier molecular flexibility index (Phi) is 5.25. The molecular weight excluding hydrogens is 256 g/mol. The normalized spacial score (nSPS) is 15.8. The second-order valence-corrected chi connectivity index (χ2v) is 6.07. The molecule has 1 heterocycles. The highest BCUT2D eigenvalue weighted by atomic mass is 15.1. The molecule has 1 aliphatic rings. The van der Waals surface area contributed by atoms with Crippen molar-refractivity contribution in [2.24, 2.45) is 0 Å². The summed E-state index contributed by atoms with van der Waals surface area (Å²) in [6, 6.07) is 15.2. The van der Waals surface area contributed by atoms with Crippen molar-refractivity contribution in [3.05, 3.63) is 48.0 Å². The average molecular weight is 282 g/mol. The van der Waals surface area contributed by atoms with Crippen LogP contribution >= 0.6 is 0 Å². The van der Waals surface area contributed by atoms with Gasteiger partial charge in [-0.3, -0.25) is 0 Å². The third-order valence-corrected chi connectivity index (χ3v) is 4.47. The number of hydrogen-bond donors (Lipinski definition) is 1. The predicted octanol–water partition coefficient (Wildman–Crippen LogP) is 3.81. The monoisotopic (exact) mass is 282 g/mol. The molecule has 3 rings (SSSR count). The van der Waals surface area contributed by atoms with Gasteiger partial charge in [0.1, 0.15) is 0 Å². The van der Waals surface area contributed by atoms with Crippen molar-refractivity contribution >= 4 is 10.8 Å². The third kappa shape index (κ3) is 4.05. The molecular formula is C19H26N2. The Morgan fingerprint density at radius 3 is 2.62 bits per heavy atom. The number of rotatable bonds is 7. The smallest absolute Gasteiger partial charge is 0.0211 e. The van der Waals surface area contributed by atoms with Gasteiger partial charge in [-0.05, 0) is 68.2 Å². The van der Waals surface area contributed by atoms with Crippen molar-refractivity contribution in [2.75, 3.05) is 26.2 Å². The molecule has 0 amide bonds. The van der Waals surface area contributed by atoms with E-state index in [2.05, 4.69) is 52.7 Å². The van der Waals surface area contributed by atoms with Crippen LogP contribution in [0.1, 0.15) is 31.2 Å². The molecule has 1 fully saturated rings. The van der Waals surface area contributed by atoms with E-state index in [9.17, 15) is 0 Å². The van der Waals surface area contributed by atoms with Gasteiger partial charge in [0, 0.05) is 6.54 Å². The fraction of sp³-hybridized carbons (Fsp3) is 0.474. The molecule has 2 aromatic rings. The van der Waals surface area contributed by atoms with E-state index in [-0.39, 0.29) is 0 Å². The molecule has 112 valence electrons. The van der Waals surface area contributed by atoms with E-state index >= 15 is 0 Å². The molecule has 2 aromatic carbocycles. The van der Waals surface area contributed by atoms with Gasteiger partial charge in [-0.2, -0.15) is 0 Å². The maximum absolute atomic E-state index is 3.60. The van der Waals surface area contributed by atoms with Crippen molar-refractivity contribution in [3.8, 4) is 0 Å². The Morgan fingerprint density at radius 2 is 1.71 bits per heavy atom. The molecule has 0 saturated carbocycles. The van der Waals surface area contributed by atoms with E-state index in [0.717, 1.165) is 13.1 Å². The van der Waals surface area contributed by atoms with Crippen LogP contribution in [0, 0.1) is 0 Å². The van der Waals surface area contributed by atoms with Gasteiger partial charge < -0.3 is 10.2 Å². The highest BCUT2D eigenvalue weighted by Crippen LogP contribution is 2.18. The van der Waals surface area contributed by atoms with Crippen LogP contribution in [0.15, 0.2) is 42.5 Å². The Bertz CT molecular complexity index is 553. The minimum Gasteiger partial charge on any atom is -0.313 e. The number of nitrogens with zero attached hydrogens (tertiary/aromatic N) is 1. The standard InChI is InChI=1S/C19H26N2/c1-2-11-19-17(8-1)9-7-10-18(19)16-20-12-3-4-13-21-14-5-6-15-21/h1-2,7-11,20H,3-6,12-16H2. The first-order valence-corrected chi connectivity index (χ1v) is 8.33. The minimum atomic E-state index is 0.977. The van der Waals surface area contributed by atoms with Gasteiger partial charge in [-0.1, -0.05) is 42.5 Å². The van der Waals surface area contributed by atoms with Crippen LogP contribution in [-0.4, -0.2) is 31.1 Å². The number of likely N-dealkylation sites (tertiary alicyclic amines) is 1. The molecule has 1 aliphatic heterocycles. The van der Waals surface area contributed by atoms with Crippen molar-refractivity contribution < 1.29 is 0 Å². The van der Waals surface area contributed by atoms with Crippen LogP contribution in [0.25, 0.3) is 10.8 Å². The van der Waals surface area contributed by atoms with Crippen LogP contribution in [0.2, 0.25) is 0 Å². The molecule has 0 spiro atoms. The van der Waals surface area contributed by atoms with Crippen molar-refractivity contribution in [1.82, 2.24) is 10.2 Å². The Hall–Kier alpha value is -1.38. The lowest BCUT2D eigenvalue weighted by atomic mass is 10.0. The molecule has 0 aliphatic carbocycles. The molecule has 1 N–H and O–H groups in total. The van der Waals surface area contributed by atoms with Crippen LogP contribution in [-0.2, 0) is 6.54 Å². The number of benzene rings is 2. The van der Waals surface area contributed by atoms with E-state index in [1.807, 2.05) is 0 Å². The van der Waals surface area contributed by atoms with E-state index in [4.69, 9.17) is 0 Å². The molecule has 0 atom stereocenters. The lowest BCUT2D eigenvalue weighted by molar-refractivity contribution is 0.329. The molecule has 1 saturated heterocycles. The number of unbranched alkanes of at least 4 members (excludes halogenated alkanes) is 1. The van der Waals surface area contributed by atoms with E-state index in [1.54, 1.807) is 0 Å². The van der Waals surface area contributed by atoms with Gasteiger partial charge in [-0.15, -0.1) is 0 Å². The maximum Gasteiger partial charge on any atom is 0.0211 e. The van der Waals surface area contributed by atoms with Gasteiger partial charge in [0.15, 0.2) is 0 Å². The van der Waals surface area contributed by atoms with Gasteiger partial charge in [0.2, 0.25) is 0 Å². The van der Waals surface area contributed by atoms with Crippen LogP contribution < -0.4 is 5.32 Å². The quantitative estimate of drug-likeness (QED) is 0.777. The van der Waals surface area contributed by atoms with Gasteiger partial charge in [0.25, 0.3) is 0 Å². The zero-order valence-corrected chi connectivity index (χ0v) is 12.9. The van der Waals surface area contributed by atoms with Crippen molar-refractivity contribution in [1.29, 1.82) is 0 Å². The first kappa shape index (κ1) is 14.6. The molecule has 21 heavy (non-hydrogen) atoms. The molecule has 0 bridgehead atoms. The molecule has 0 unspecified atom stereocenters. The van der Waals surface area contributed by atoms with Crippen molar-refractivity contribution in [3.63, 3.8) is 0 Å². The zero-order chi connectivity index (χ0) is 14.3. The second kappa shape index (κ2) is 7.58.